The number of para-hydroxylation sites is 1. The molecule has 0 radical (unpaired) electrons. The Bertz CT molecular complexity index is 1320. The number of hydrogen-bond donors (Lipinski definition) is 2. The number of aryl methyl sites for hydroxylation is 1. The summed E-state index contributed by atoms with van der Waals surface area (Å²) in [5.41, 5.74) is 4.30. The van der Waals surface area contributed by atoms with Crippen LogP contribution >= 0.6 is 0 Å². The van der Waals surface area contributed by atoms with Crippen LogP contribution in [0.2, 0.25) is 0 Å². The Morgan fingerprint density at radius 2 is 1.89 bits per heavy atom. The lowest BCUT2D eigenvalue weighted by molar-refractivity contribution is -0.118. The van der Waals surface area contributed by atoms with Crippen LogP contribution in [-0.4, -0.2) is 34.3 Å². The third-order valence-corrected chi connectivity index (χ3v) is 5.61. The molecule has 0 spiro atoms. The molecule has 35 heavy (non-hydrogen) atoms. The minimum atomic E-state index is -0.649. The molecular formula is C27H26N6O2. The predicted molar refractivity (Wildman–Crippen MR) is 134 cm³/mol. The number of nitriles is 1. The maximum atomic E-state index is 13.3. The Morgan fingerprint density at radius 1 is 1.09 bits per heavy atom. The zero-order chi connectivity index (χ0) is 24.6. The highest BCUT2D eigenvalue weighted by Gasteiger charge is 2.23. The molecular weight excluding hydrogens is 440 g/mol. The molecule has 1 amide bonds. The fourth-order valence-corrected chi connectivity index (χ4v) is 3.76. The summed E-state index contributed by atoms with van der Waals surface area (Å²) in [6.07, 6.45) is 6.08. The van der Waals surface area contributed by atoms with E-state index < -0.39 is 6.04 Å². The van der Waals surface area contributed by atoms with E-state index in [9.17, 15) is 4.79 Å². The molecule has 0 saturated heterocycles. The van der Waals surface area contributed by atoms with Crippen LogP contribution in [0.1, 0.15) is 22.7 Å². The van der Waals surface area contributed by atoms with E-state index in [1.807, 2.05) is 55.7 Å². The normalized spacial score (nSPS) is 11.5. The molecule has 0 saturated carbocycles. The molecule has 8 heteroatoms. The average molecular weight is 467 g/mol. The number of methoxy groups -OCH3 is 1. The van der Waals surface area contributed by atoms with Crippen molar-refractivity contribution in [1.29, 1.82) is 5.26 Å². The van der Waals surface area contributed by atoms with Crippen LogP contribution in [0.3, 0.4) is 0 Å². The average Bonchev–Trinajstić information content (AvgIpc) is 3.33. The van der Waals surface area contributed by atoms with Crippen molar-refractivity contribution in [1.82, 2.24) is 20.1 Å². The molecule has 176 valence electrons. The van der Waals surface area contributed by atoms with E-state index in [4.69, 9.17) is 10.00 Å². The number of amides is 1. The van der Waals surface area contributed by atoms with Gasteiger partial charge in [0.15, 0.2) is 0 Å². The molecule has 0 unspecified atom stereocenters. The summed E-state index contributed by atoms with van der Waals surface area (Å²) in [7, 11) is 3.45. The van der Waals surface area contributed by atoms with Gasteiger partial charge in [-0.15, -0.1) is 0 Å². The Kier molecular flexibility index (Phi) is 7.50. The molecule has 2 aromatic heterocycles. The van der Waals surface area contributed by atoms with E-state index >= 15 is 0 Å². The van der Waals surface area contributed by atoms with Gasteiger partial charge < -0.3 is 15.4 Å². The monoisotopic (exact) mass is 466 g/mol. The van der Waals surface area contributed by atoms with E-state index in [2.05, 4.69) is 26.8 Å². The van der Waals surface area contributed by atoms with E-state index in [1.165, 1.54) is 0 Å². The number of rotatable bonds is 9. The number of nitrogens with zero attached hydrogens (tertiary/aromatic N) is 4. The highest BCUT2D eigenvalue weighted by molar-refractivity contribution is 5.95. The van der Waals surface area contributed by atoms with Gasteiger partial charge >= 0.3 is 0 Å². The van der Waals surface area contributed by atoms with Crippen LogP contribution < -0.4 is 15.4 Å². The van der Waals surface area contributed by atoms with Gasteiger partial charge in [-0.2, -0.15) is 10.4 Å². The van der Waals surface area contributed by atoms with Crippen LogP contribution in [0, 0.1) is 11.3 Å². The lowest BCUT2D eigenvalue weighted by Crippen LogP contribution is -2.34. The number of nitrogens with one attached hydrogen (secondary N) is 2. The number of aromatic nitrogens is 3. The molecule has 4 aromatic rings. The first kappa shape index (κ1) is 23.7. The van der Waals surface area contributed by atoms with Gasteiger partial charge in [0, 0.05) is 42.7 Å². The summed E-state index contributed by atoms with van der Waals surface area (Å²) < 4.78 is 7.24. The predicted octanol–water partition coefficient (Wildman–Crippen LogP) is 3.87. The molecule has 2 heterocycles. The maximum Gasteiger partial charge on any atom is 0.247 e. The standard InChI is InChI=1S/C27H26N6O2/c1-33-18-22(17-31-33)21-11-12-25(30-16-21)32-27(34)26(23-5-3-4-6-24(23)35-2)29-14-13-19-7-9-20(15-28)10-8-19/h3-12,16-18,26,29H,13-14H2,1-2H3,(H,30,32,34)/t26-/m1/s1. The number of anilines is 1. The van der Waals surface area contributed by atoms with E-state index in [0.717, 1.165) is 22.3 Å². The van der Waals surface area contributed by atoms with Crippen molar-refractivity contribution in [3.63, 3.8) is 0 Å². The zero-order valence-electron chi connectivity index (χ0n) is 19.6. The number of carbonyl (C=O) groups excluding carboxylic acids is 1. The molecule has 0 aliphatic carbocycles. The van der Waals surface area contributed by atoms with Crippen molar-refractivity contribution in [2.75, 3.05) is 19.0 Å². The fourth-order valence-electron chi connectivity index (χ4n) is 3.76. The first-order valence-electron chi connectivity index (χ1n) is 11.2. The van der Waals surface area contributed by atoms with Gasteiger partial charge in [-0.25, -0.2) is 4.98 Å². The first-order valence-corrected chi connectivity index (χ1v) is 11.2. The molecule has 0 fully saturated rings. The largest absolute Gasteiger partial charge is 0.496 e. The van der Waals surface area contributed by atoms with Crippen LogP contribution in [0.15, 0.2) is 79.3 Å². The van der Waals surface area contributed by atoms with Gasteiger partial charge in [0.05, 0.1) is 24.9 Å². The molecule has 1 atom stereocenters. The molecule has 2 N–H and O–H groups in total. The molecule has 0 bridgehead atoms. The lowest BCUT2D eigenvalue weighted by atomic mass is 10.0. The smallest absolute Gasteiger partial charge is 0.247 e. The number of hydrogen-bond acceptors (Lipinski definition) is 6. The zero-order valence-corrected chi connectivity index (χ0v) is 19.6. The van der Waals surface area contributed by atoms with Gasteiger partial charge in [-0.3, -0.25) is 9.48 Å². The van der Waals surface area contributed by atoms with E-state index in [-0.39, 0.29) is 5.91 Å². The number of carbonyl (C=O) groups is 1. The summed E-state index contributed by atoms with van der Waals surface area (Å²) in [5.74, 6) is 0.839. The van der Waals surface area contributed by atoms with Crippen LogP contribution in [0.25, 0.3) is 11.1 Å². The summed E-state index contributed by atoms with van der Waals surface area (Å²) in [4.78, 5) is 17.8. The third kappa shape index (κ3) is 5.91. The second kappa shape index (κ2) is 11.1. The van der Waals surface area contributed by atoms with Crippen molar-refractivity contribution >= 4 is 11.7 Å². The third-order valence-electron chi connectivity index (χ3n) is 5.61. The molecule has 8 nitrogen and oxygen atoms in total. The topological polar surface area (TPSA) is 105 Å². The summed E-state index contributed by atoms with van der Waals surface area (Å²) in [5, 5.41) is 19.4. The highest BCUT2D eigenvalue weighted by atomic mass is 16.5. The lowest BCUT2D eigenvalue weighted by Gasteiger charge is -2.21. The SMILES string of the molecule is COc1ccccc1[C@@H](NCCc1ccc(C#N)cc1)C(=O)Nc1ccc(-c2cnn(C)c2)cn1. The van der Waals surface area contributed by atoms with Gasteiger partial charge in [0.2, 0.25) is 5.91 Å². The summed E-state index contributed by atoms with van der Waals surface area (Å²) in [6, 6.07) is 20.0. The van der Waals surface area contributed by atoms with Crippen molar-refractivity contribution < 1.29 is 9.53 Å². The van der Waals surface area contributed by atoms with Crippen molar-refractivity contribution in [3.05, 3.63) is 95.9 Å². The van der Waals surface area contributed by atoms with Gasteiger partial charge in [0.25, 0.3) is 0 Å². The molecule has 4 rings (SSSR count). The van der Waals surface area contributed by atoms with Crippen LogP contribution in [-0.2, 0) is 18.3 Å². The van der Waals surface area contributed by atoms with Crippen molar-refractivity contribution in [2.24, 2.45) is 7.05 Å². The highest BCUT2D eigenvalue weighted by Crippen LogP contribution is 2.26. The minimum Gasteiger partial charge on any atom is -0.496 e. The van der Waals surface area contributed by atoms with Crippen LogP contribution in [0.4, 0.5) is 5.82 Å². The Hall–Kier alpha value is -4.48. The van der Waals surface area contributed by atoms with Gasteiger partial charge in [0.1, 0.15) is 17.6 Å². The first-order chi connectivity index (χ1) is 17.1. The van der Waals surface area contributed by atoms with E-state index in [0.29, 0.717) is 30.1 Å². The van der Waals surface area contributed by atoms with Gasteiger partial charge in [-0.1, -0.05) is 30.3 Å². The molecule has 0 aliphatic rings. The van der Waals surface area contributed by atoms with Gasteiger partial charge in [-0.05, 0) is 42.3 Å². The summed E-state index contributed by atoms with van der Waals surface area (Å²) in [6.45, 7) is 0.551. The van der Waals surface area contributed by atoms with Crippen LogP contribution in [0.5, 0.6) is 5.75 Å². The van der Waals surface area contributed by atoms with E-state index in [1.54, 1.807) is 42.4 Å². The maximum absolute atomic E-state index is 13.3. The summed E-state index contributed by atoms with van der Waals surface area (Å²) >= 11 is 0. The quantitative estimate of drug-likeness (QED) is 0.388. The fraction of sp³-hybridized carbons (Fsp3) is 0.185. The number of ether oxygens (including phenoxy) is 1. The Morgan fingerprint density at radius 3 is 2.54 bits per heavy atom. The number of pyridine rings is 1. The number of benzene rings is 2. The molecule has 2 aromatic carbocycles. The Balaban J connectivity index is 1.48. The second-order valence-electron chi connectivity index (χ2n) is 8.01. The van der Waals surface area contributed by atoms with Crippen molar-refractivity contribution in [2.45, 2.75) is 12.5 Å². The Labute approximate surface area is 204 Å². The molecule has 0 aliphatic heterocycles. The van der Waals surface area contributed by atoms with Crippen molar-refractivity contribution in [3.8, 4) is 22.9 Å². The second-order valence-corrected chi connectivity index (χ2v) is 8.01. The minimum absolute atomic E-state index is 0.240.